The van der Waals surface area contributed by atoms with E-state index in [1.165, 1.54) is 0 Å². The molecule has 1 aliphatic rings. The third-order valence-corrected chi connectivity index (χ3v) is 3.26. The maximum Gasteiger partial charge on any atom is 0.227 e. The standard InChI is InChI=1S/C14H28N2O2/c1-11-10-16(6-5-7-18-11)13(17)12(9-15)8-14(2,3)4/h11-12H,5-10,15H2,1-4H3. The molecule has 0 aromatic heterocycles. The van der Waals surface area contributed by atoms with Gasteiger partial charge >= 0.3 is 0 Å². The van der Waals surface area contributed by atoms with Crippen LogP contribution in [0.4, 0.5) is 0 Å². The van der Waals surface area contributed by atoms with Crippen LogP contribution in [0, 0.1) is 11.3 Å². The highest BCUT2D eigenvalue weighted by molar-refractivity contribution is 5.79. The predicted molar refractivity (Wildman–Crippen MR) is 73.2 cm³/mol. The molecule has 2 unspecified atom stereocenters. The number of nitrogens with two attached hydrogens (primary N) is 1. The van der Waals surface area contributed by atoms with E-state index >= 15 is 0 Å². The summed E-state index contributed by atoms with van der Waals surface area (Å²) in [6.07, 6.45) is 1.89. The van der Waals surface area contributed by atoms with Crippen molar-refractivity contribution in [2.24, 2.45) is 17.1 Å². The van der Waals surface area contributed by atoms with Gasteiger partial charge in [-0.05, 0) is 25.2 Å². The summed E-state index contributed by atoms with van der Waals surface area (Å²) in [5.41, 5.74) is 5.92. The van der Waals surface area contributed by atoms with Crippen LogP contribution in [0.2, 0.25) is 0 Å². The van der Waals surface area contributed by atoms with Gasteiger partial charge in [-0.15, -0.1) is 0 Å². The fourth-order valence-corrected chi connectivity index (χ4v) is 2.46. The Morgan fingerprint density at radius 1 is 1.50 bits per heavy atom. The van der Waals surface area contributed by atoms with Crippen molar-refractivity contribution in [3.8, 4) is 0 Å². The van der Waals surface area contributed by atoms with Gasteiger partial charge < -0.3 is 15.4 Å². The first-order chi connectivity index (χ1) is 8.33. The van der Waals surface area contributed by atoms with E-state index in [4.69, 9.17) is 10.5 Å². The third kappa shape index (κ3) is 4.94. The topological polar surface area (TPSA) is 55.6 Å². The molecule has 0 bridgehead atoms. The normalized spacial score (nSPS) is 23.6. The molecule has 2 atom stereocenters. The number of carbonyl (C=O) groups excluding carboxylic acids is 1. The second kappa shape index (κ2) is 6.53. The Morgan fingerprint density at radius 2 is 2.17 bits per heavy atom. The van der Waals surface area contributed by atoms with Crippen molar-refractivity contribution >= 4 is 5.91 Å². The highest BCUT2D eigenvalue weighted by Gasteiger charge is 2.29. The zero-order chi connectivity index (χ0) is 13.8. The Labute approximate surface area is 111 Å². The van der Waals surface area contributed by atoms with Crippen molar-refractivity contribution < 1.29 is 9.53 Å². The van der Waals surface area contributed by atoms with Gasteiger partial charge in [0.05, 0.1) is 12.0 Å². The van der Waals surface area contributed by atoms with Crippen LogP contribution < -0.4 is 5.73 Å². The zero-order valence-electron chi connectivity index (χ0n) is 12.2. The quantitative estimate of drug-likeness (QED) is 0.835. The van der Waals surface area contributed by atoms with Gasteiger partial charge in [0.2, 0.25) is 5.91 Å². The molecule has 0 aromatic rings. The van der Waals surface area contributed by atoms with Crippen LogP contribution in [0.3, 0.4) is 0 Å². The largest absolute Gasteiger partial charge is 0.377 e. The number of rotatable bonds is 3. The molecule has 1 heterocycles. The molecule has 0 spiro atoms. The summed E-state index contributed by atoms with van der Waals surface area (Å²) in [5.74, 6) is 0.139. The minimum atomic E-state index is -0.0599. The molecule has 1 aliphatic heterocycles. The predicted octanol–water partition coefficient (Wildman–Crippen LogP) is 1.63. The molecule has 0 radical (unpaired) electrons. The fraction of sp³-hybridized carbons (Fsp3) is 0.929. The van der Waals surface area contributed by atoms with Crippen LogP contribution in [0.25, 0.3) is 0 Å². The summed E-state index contributed by atoms with van der Waals surface area (Å²) in [6.45, 7) is 11.1. The smallest absolute Gasteiger partial charge is 0.227 e. The molecule has 4 nitrogen and oxygen atoms in total. The molecule has 1 amide bonds. The molecule has 4 heteroatoms. The van der Waals surface area contributed by atoms with Crippen LogP contribution in [0.15, 0.2) is 0 Å². The lowest BCUT2D eigenvalue weighted by molar-refractivity contribution is -0.136. The van der Waals surface area contributed by atoms with Crippen molar-refractivity contribution in [3.63, 3.8) is 0 Å². The van der Waals surface area contributed by atoms with E-state index in [1.807, 2.05) is 11.8 Å². The van der Waals surface area contributed by atoms with E-state index in [0.717, 1.165) is 26.0 Å². The number of carbonyl (C=O) groups is 1. The Morgan fingerprint density at radius 3 is 2.72 bits per heavy atom. The van der Waals surface area contributed by atoms with Crippen molar-refractivity contribution in [1.82, 2.24) is 4.90 Å². The highest BCUT2D eigenvalue weighted by Crippen LogP contribution is 2.25. The summed E-state index contributed by atoms with van der Waals surface area (Å²) in [7, 11) is 0. The summed E-state index contributed by atoms with van der Waals surface area (Å²) in [4.78, 5) is 14.4. The third-order valence-electron chi connectivity index (χ3n) is 3.26. The van der Waals surface area contributed by atoms with Crippen LogP contribution >= 0.6 is 0 Å². The van der Waals surface area contributed by atoms with Gasteiger partial charge in [0, 0.05) is 26.2 Å². The zero-order valence-corrected chi connectivity index (χ0v) is 12.2. The SMILES string of the molecule is CC1CN(C(=O)C(CN)CC(C)(C)C)CCCO1. The van der Waals surface area contributed by atoms with Crippen molar-refractivity contribution in [3.05, 3.63) is 0 Å². The van der Waals surface area contributed by atoms with Gasteiger partial charge in [0.1, 0.15) is 0 Å². The summed E-state index contributed by atoms with van der Waals surface area (Å²) >= 11 is 0. The minimum Gasteiger partial charge on any atom is -0.377 e. The van der Waals surface area contributed by atoms with Gasteiger partial charge in [-0.25, -0.2) is 0 Å². The molecular formula is C14H28N2O2. The fourth-order valence-electron chi connectivity index (χ4n) is 2.46. The Bertz CT molecular complexity index is 269. The summed E-state index contributed by atoms with van der Waals surface area (Å²) in [6, 6.07) is 0. The first-order valence-corrected chi connectivity index (χ1v) is 6.94. The maximum atomic E-state index is 12.5. The van der Waals surface area contributed by atoms with Crippen LogP contribution in [0.1, 0.15) is 40.5 Å². The monoisotopic (exact) mass is 256 g/mol. The Hall–Kier alpha value is -0.610. The molecular weight excluding hydrogens is 228 g/mol. The molecule has 0 aromatic carbocycles. The number of hydrogen-bond acceptors (Lipinski definition) is 3. The number of nitrogens with zero attached hydrogens (tertiary/aromatic N) is 1. The second-order valence-corrected chi connectivity index (χ2v) is 6.52. The molecule has 18 heavy (non-hydrogen) atoms. The van der Waals surface area contributed by atoms with Crippen LogP contribution in [0.5, 0.6) is 0 Å². The van der Waals surface area contributed by atoms with E-state index in [-0.39, 0.29) is 23.3 Å². The van der Waals surface area contributed by atoms with Gasteiger partial charge in [-0.1, -0.05) is 20.8 Å². The first kappa shape index (κ1) is 15.4. The lowest BCUT2D eigenvalue weighted by Crippen LogP contribution is -2.43. The summed E-state index contributed by atoms with van der Waals surface area (Å²) in [5, 5.41) is 0. The van der Waals surface area contributed by atoms with Crippen molar-refractivity contribution in [2.45, 2.75) is 46.6 Å². The molecule has 1 fully saturated rings. The maximum absolute atomic E-state index is 12.5. The lowest BCUT2D eigenvalue weighted by atomic mass is 9.84. The second-order valence-electron chi connectivity index (χ2n) is 6.52. The average Bonchev–Trinajstić information content (AvgIpc) is 2.48. The molecule has 2 N–H and O–H groups in total. The van der Waals surface area contributed by atoms with E-state index < -0.39 is 0 Å². The van der Waals surface area contributed by atoms with Gasteiger partial charge in [0.25, 0.3) is 0 Å². The molecule has 0 saturated carbocycles. The average molecular weight is 256 g/mol. The number of hydrogen-bond donors (Lipinski definition) is 1. The van der Waals surface area contributed by atoms with E-state index in [0.29, 0.717) is 13.1 Å². The van der Waals surface area contributed by atoms with Gasteiger partial charge in [-0.3, -0.25) is 4.79 Å². The molecule has 0 aliphatic carbocycles. The number of amides is 1. The molecule has 1 rings (SSSR count). The van der Waals surface area contributed by atoms with E-state index in [2.05, 4.69) is 20.8 Å². The van der Waals surface area contributed by atoms with E-state index in [1.54, 1.807) is 0 Å². The van der Waals surface area contributed by atoms with Gasteiger partial charge in [0.15, 0.2) is 0 Å². The minimum absolute atomic E-state index is 0.0599. The summed E-state index contributed by atoms with van der Waals surface area (Å²) < 4.78 is 5.57. The molecule has 106 valence electrons. The Kier molecular flexibility index (Phi) is 5.60. The van der Waals surface area contributed by atoms with Crippen LogP contribution in [-0.4, -0.2) is 43.2 Å². The Balaban J connectivity index is 2.64. The number of ether oxygens (including phenoxy) is 1. The van der Waals surface area contributed by atoms with Crippen molar-refractivity contribution in [2.75, 3.05) is 26.2 Å². The lowest BCUT2D eigenvalue weighted by Gasteiger charge is -2.30. The first-order valence-electron chi connectivity index (χ1n) is 6.94. The van der Waals surface area contributed by atoms with E-state index in [9.17, 15) is 4.79 Å². The van der Waals surface area contributed by atoms with Crippen molar-refractivity contribution in [1.29, 1.82) is 0 Å². The van der Waals surface area contributed by atoms with Gasteiger partial charge in [-0.2, -0.15) is 0 Å². The van der Waals surface area contributed by atoms with Crippen LogP contribution in [-0.2, 0) is 9.53 Å². The molecule has 1 saturated heterocycles. The highest BCUT2D eigenvalue weighted by atomic mass is 16.5.